The molecule has 1 fully saturated rings. The molecular formula is C24H38N4O2. The van der Waals surface area contributed by atoms with Crippen molar-refractivity contribution < 1.29 is 9.59 Å². The minimum absolute atomic E-state index is 0.0586. The zero-order valence-electron chi connectivity index (χ0n) is 19.3. The van der Waals surface area contributed by atoms with Gasteiger partial charge in [0.05, 0.1) is 11.4 Å². The van der Waals surface area contributed by atoms with Crippen LogP contribution in [0.4, 0.5) is 16.2 Å². The van der Waals surface area contributed by atoms with Crippen LogP contribution in [0.25, 0.3) is 0 Å². The van der Waals surface area contributed by atoms with Crippen LogP contribution in [0.3, 0.4) is 0 Å². The van der Waals surface area contributed by atoms with Crippen molar-refractivity contribution in [3.63, 3.8) is 0 Å². The number of likely N-dealkylation sites (tertiary alicyclic amines) is 1. The SMILES string of the molecule is CC(C)CC(=O)N1CCN(C(=O)NCC2CCN(C(C)(C)C)CC2)c2ccccc21. The number of para-hydroxylation sites is 2. The Hall–Kier alpha value is -2.08. The van der Waals surface area contributed by atoms with E-state index in [-0.39, 0.29) is 17.5 Å². The van der Waals surface area contributed by atoms with Gasteiger partial charge in [-0.25, -0.2) is 4.79 Å². The van der Waals surface area contributed by atoms with Gasteiger partial charge in [0.2, 0.25) is 5.91 Å². The minimum atomic E-state index is -0.0586. The van der Waals surface area contributed by atoms with Crippen molar-refractivity contribution in [3.8, 4) is 0 Å². The van der Waals surface area contributed by atoms with Gasteiger partial charge in [0.1, 0.15) is 0 Å². The Morgan fingerprint density at radius 1 is 1.00 bits per heavy atom. The van der Waals surface area contributed by atoms with Gasteiger partial charge < -0.3 is 10.2 Å². The van der Waals surface area contributed by atoms with Gasteiger partial charge in [0.25, 0.3) is 0 Å². The molecule has 6 nitrogen and oxygen atoms in total. The van der Waals surface area contributed by atoms with Crippen LogP contribution in [0.1, 0.15) is 53.9 Å². The van der Waals surface area contributed by atoms with E-state index < -0.39 is 0 Å². The number of urea groups is 1. The van der Waals surface area contributed by atoms with Crippen molar-refractivity contribution in [2.75, 3.05) is 42.5 Å². The van der Waals surface area contributed by atoms with Crippen LogP contribution in [-0.4, -0.2) is 55.1 Å². The molecule has 2 aliphatic heterocycles. The Kier molecular flexibility index (Phi) is 7.06. The van der Waals surface area contributed by atoms with E-state index in [1.54, 1.807) is 4.90 Å². The zero-order valence-corrected chi connectivity index (χ0v) is 19.3. The molecule has 0 unspecified atom stereocenters. The summed E-state index contributed by atoms with van der Waals surface area (Å²) in [4.78, 5) is 31.8. The van der Waals surface area contributed by atoms with E-state index >= 15 is 0 Å². The molecule has 0 aliphatic carbocycles. The molecular weight excluding hydrogens is 376 g/mol. The Morgan fingerprint density at radius 3 is 2.13 bits per heavy atom. The topological polar surface area (TPSA) is 55.9 Å². The highest BCUT2D eigenvalue weighted by atomic mass is 16.2. The lowest BCUT2D eigenvalue weighted by atomic mass is 9.93. The first kappa shape index (κ1) is 22.6. The Labute approximate surface area is 181 Å². The average molecular weight is 415 g/mol. The molecule has 0 atom stereocenters. The van der Waals surface area contributed by atoms with Crippen molar-refractivity contribution in [1.29, 1.82) is 0 Å². The second-order valence-corrected chi connectivity index (χ2v) is 10.1. The van der Waals surface area contributed by atoms with Gasteiger partial charge in [-0.2, -0.15) is 0 Å². The normalized spacial score (nSPS) is 18.5. The van der Waals surface area contributed by atoms with Gasteiger partial charge in [0.15, 0.2) is 0 Å². The fourth-order valence-electron chi connectivity index (χ4n) is 4.43. The van der Waals surface area contributed by atoms with E-state index in [2.05, 4.69) is 44.8 Å². The molecule has 2 heterocycles. The quantitative estimate of drug-likeness (QED) is 0.807. The second kappa shape index (κ2) is 9.38. The van der Waals surface area contributed by atoms with E-state index in [1.807, 2.05) is 29.2 Å². The minimum Gasteiger partial charge on any atom is -0.337 e. The summed E-state index contributed by atoms with van der Waals surface area (Å²) in [6.45, 7) is 14.8. The van der Waals surface area contributed by atoms with E-state index in [9.17, 15) is 9.59 Å². The van der Waals surface area contributed by atoms with Crippen LogP contribution in [0, 0.1) is 11.8 Å². The summed E-state index contributed by atoms with van der Waals surface area (Å²) in [6.07, 6.45) is 2.75. The fourth-order valence-corrected chi connectivity index (χ4v) is 4.43. The summed E-state index contributed by atoms with van der Waals surface area (Å²) in [6, 6.07) is 7.67. The molecule has 1 saturated heterocycles. The number of anilines is 2. The molecule has 0 radical (unpaired) electrons. The summed E-state index contributed by atoms with van der Waals surface area (Å²) in [5, 5.41) is 3.16. The molecule has 30 heavy (non-hydrogen) atoms. The third-order valence-electron chi connectivity index (χ3n) is 6.24. The molecule has 0 bridgehead atoms. The van der Waals surface area contributed by atoms with Crippen LogP contribution in [0.15, 0.2) is 24.3 Å². The summed E-state index contributed by atoms with van der Waals surface area (Å²) in [5.74, 6) is 0.968. The van der Waals surface area contributed by atoms with Gasteiger partial charge in [-0.05, 0) is 70.7 Å². The van der Waals surface area contributed by atoms with Crippen LogP contribution in [0.2, 0.25) is 0 Å². The van der Waals surface area contributed by atoms with Crippen molar-refractivity contribution in [2.45, 2.75) is 59.4 Å². The number of piperidine rings is 1. The monoisotopic (exact) mass is 414 g/mol. The number of amides is 3. The number of fused-ring (bicyclic) bond motifs is 1. The standard InChI is InChI=1S/C24H38N4O2/c1-18(2)16-22(29)27-14-15-28(21-9-7-6-8-20(21)27)23(30)25-17-19-10-12-26(13-11-19)24(3,4)5/h6-9,18-19H,10-17H2,1-5H3,(H,25,30). The largest absolute Gasteiger partial charge is 0.337 e. The summed E-state index contributed by atoms with van der Waals surface area (Å²) in [7, 11) is 0. The number of hydrogen-bond acceptors (Lipinski definition) is 3. The maximum atomic E-state index is 13.0. The fraction of sp³-hybridized carbons (Fsp3) is 0.667. The van der Waals surface area contributed by atoms with Gasteiger partial charge in [-0.1, -0.05) is 26.0 Å². The van der Waals surface area contributed by atoms with Gasteiger partial charge in [-0.3, -0.25) is 14.6 Å². The average Bonchev–Trinajstić information content (AvgIpc) is 2.70. The van der Waals surface area contributed by atoms with Crippen molar-refractivity contribution in [1.82, 2.24) is 10.2 Å². The Morgan fingerprint density at radius 2 is 1.57 bits per heavy atom. The second-order valence-electron chi connectivity index (χ2n) is 10.1. The molecule has 0 aromatic heterocycles. The number of hydrogen-bond donors (Lipinski definition) is 1. The number of carbonyl (C=O) groups excluding carboxylic acids is 2. The Bertz CT molecular complexity index is 748. The highest BCUT2D eigenvalue weighted by Crippen LogP contribution is 2.33. The third-order valence-corrected chi connectivity index (χ3v) is 6.24. The third kappa shape index (κ3) is 5.34. The van der Waals surface area contributed by atoms with E-state index in [4.69, 9.17) is 0 Å². The molecule has 0 saturated carbocycles. The molecule has 3 rings (SSSR count). The highest BCUT2D eigenvalue weighted by Gasteiger charge is 2.31. The van der Waals surface area contributed by atoms with Gasteiger partial charge >= 0.3 is 6.03 Å². The van der Waals surface area contributed by atoms with Crippen molar-refractivity contribution in [3.05, 3.63) is 24.3 Å². The van der Waals surface area contributed by atoms with Crippen molar-refractivity contribution in [2.24, 2.45) is 11.8 Å². The number of carbonyl (C=O) groups is 2. The molecule has 166 valence electrons. The molecule has 6 heteroatoms. The van der Waals surface area contributed by atoms with E-state index in [1.165, 1.54) is 0 Å². The first-order valence-corrected chi connectivity index (χ1v) is 11.4. The van der Waals surface area contributed by atoms with Gasteiger partial charge in [0, 0.05) is 31.6 Å². The van der Waals surface area contributed by atoms with Gasteiger partial charge in [-0.15, -0.1) is 0 Å². The molecule has 1 N–H and O–H groups in total. The first-order valence-electron chi connectivity index (χ1n) is 11.4. The summed E-state index contributed by atoms with van der Waals surface area (Å²) >= 11 is 0. The lowest BCUT2D eigenvalue weighted by molar-refractivity contribution is -0.119. The maximum Gasteiger partial charge on any atom is 0.322 e. The number of rotatable bonds is 4. The molecule has 2 aliphatic rings. The lowest BCUT2D eigenvalue weighted by Crippen LogP contribution is -2.51. The summed E-state index contributed by atoms with van der Waals surface area (Å²) < 4.78 is 0. The van der Waals surface area contributed by atoms with Crippen LogP contribution in [-0.2, 0) is 4.79 Å². The van der Waals surface area contributed by atoms with E-state index in [0.29, 0.717) is 37.9 Å². The highest BCUT2D eigenvalue weighted by molar-refractivity contribution is 6.03. The number of benzene rings is 1. The summed E-state index contributed by atoms with van der Waals surface area (Å²) in [5.41, 5.74) is 1.87. The molecule has 3 amide bonds. The lowest BCUT2D eigenvalue weighted by Gasteiger charge is -2.41. The smallest absolute Gasteiger partial charge is 0.322 e. The molecule has 0 spiro atoms. The Balaban J connectivity index is 1.59. The van der Waals surface area contributed by atoms with Crippen LogP contribution < -0.4 is 15.1 Å². The molecule has 1 aromatic rings. The number of nitrogens with one attached hydrogen (secondary N) is 1. The van der Waals surface area contributed by atoms with Crippen LogP contribution in [0.5, 0.6) is 0 Å². The van der Waals surface area contributed by atoms with Crippen LogP contribution >= 0.6 is 0 Å². The first-order chi connectivity index (χ1) is 14.2. The van der Waals surface area contributed by atoms with E-state index in [0.717, 1.165) is 37.3 Å². The predicted molar refractivity (Wildman–Crippen MR) is 123 cm³/mol. The zero-order chi connectivity index (χ0) is 21.9. The number of nitrogens with zero attached hydrogens (tertiary/aromatic N) is 3. The van der Waals surface area contributed by atoms with Crippen molar-refractivity contribution >= 4 is 23.3 Å². The molecule has 1 aromatic carbocycles. The maximum absolute atomic E-state index is 13.0. The predicted octanol–water partition coefficient (Wildman–Crippen LogP) is 4.11.